The number of benzene rings is 1. The number of carbonyl (C=O) groups is 1. The highest BCUT2D eigenvalue weighted by molar-refractivity contribution is 5.92. The zero-order valence-electron chi connectivity index (χ0n) is 12.8. The van der Waals surface area contributed by atoms with E-state index in [0.29, 0.717) is 36.6 Å². The summed E-state index contributed by atoms with van der Waals surface area (Å²) in [6.07, 6.45) is 1.26. The fraction of sp³-hybridized carbons (Fsp3) is 0.375. The summed E-state index contributed by atoms with van der Waals surface area (Å²) >= 11 is 0. The number of ether oxygens (including phenoxy) is 2. The number of aryl methyl sites for hydroxylation is 1. The predicted molar refractivity (Wildman–Crippen MR) is 80.7 cm³/mol. The number of nitrogens with one attached hydrogen (secondary N) is 2. The van der Waals surface area contributed by atoms with Crippen molar-refractivity contribution in [1.82, 2.24) is 15.5 Å². The van der Waals surface area contributed by atoms with E-state index in [1.165, 1.54) is 12.1 Å². The molecule has 23 heavy (non-hydrogen) atoms. The quantitative estimate of drug-likeness (QED) is 0.883. The minimum atomic E-state index is -0.334. The molecular weight excluding hydrogens is 301 g/mol. The predicted octanol–water partition coefficient (Wildman–Crippen LogP) is 1.95. The number of halogens is 1. The lowest BCUT2D eigenvalue weighted by atomic mass is 10.1. The van der Waals surface area contributed by atoms with Crippen LogP contribution in [-0.2, 0) is 24.2 Å². The number of nitrogens with zero attached hydrogens (tertiary/aromatic N) is 1. The molecule has 7 heteroatoms. The maximum atomic E-state index is 13.6. The maximum absolute atomic E-state index is 13.6. The summed E-state index contributed by atoms with van der Waals surface area (Å²) in [6, 6.07) is 4.56. The topological polar surface area (TPSA) is 76.2 Å². The van der Waals surface area contributed by atoms with Gasteiger partial charge in [0.1, 0.15) is 17.3 Å². The van der Waals surface area contributed by atoms with E-state index in [2.05, 4.69) is 15.5 Å². The molecule has 0 saturated carbocycles. The third kappa shape index (κ3) is 3.50. The summed E-state index contributed by atoms with van der Waals surface area (Å²) in [5, 5.41) is 9.54. The number of hydrogen-bond acceptors (Lipinski definition) is 4. The van der Waals surface area contributed by atoms with E-state index in [4.69, 9.17) is 9.47 Å². The Morgan fingerprint density at radius 2 is 2.30 bits per heavy atom. The van der Waals surface area contributed by atoms with Crippen LogP contribution in [0.25, 0.3) is 0 Å². The van der Waals surface area contributed by atoms with Gasteiger partial charge in [0, 0.05) is 17.8 Å². The first-order chi connectivity index (χ1) is 11.2. The number of carbonyl (C=O) groups excluding carboxylic acids is 1. The van der Waals surface area contributed by atoms with Gasteiger partial charge in [-0.1, -0.05) is 6.92 Å². The Labute approximate surface area is 133 Å². The lowest BCUT2D eigenvalue weighted by Crippen LogP contribution is -2.26. The van der Waals surface area contributed by atoms with Crippen molar-refractivity contribution >= 4 is 5.91 Å². The fourth-order valence-electron chi connectivity index (χ4n) is 2.50. The van der Waals surface area contributed by atoms with Crippen molar-refractivity contribution in [2.45, 2.75) is 26.4 Å². The Bertz CT molecular complexity index is 715. The molecule has 6 nitrogen and oxygen atoms in total. The van der Waals surface area contributed by atoms with Gasteiger partial charge in [0.15, 0.2) is 6.79 Å². The Hall–Kier alpha value is -2.41. The first kappa shape index (κ1) is 15.5. The molecule has 1 aromatic carbocycles. The highest BCUT2D eigenvalue weighted by Gasteiger charge is 2.17. The van der Waals surface area contributed by atoms with Gasteiger partial charge in [-0.2, -0.15) is 5.10 Å². The van der Waals surface area contributed by atoms with Crippen molar-refractivity contribution in [2.24, 2.45) is 0 Å². The average Bonchev–Trinajstić information content (AvgIpc) is 3.03. The number of aromatic nitrogens is 2. The first-order valence-corrected chi connectivity index (χ1v) is 7.51. The summed E-state index contributed by atoms with van der Waals surface area (Å²) in [4.78, 5) is 12.0. The van der Waals surface area contributed by atoms with Crippen LogP contribution in [0.2, 0.25) is 0 Å². The number of hydrogen-bond donors (Lipinski definition) is 2. The highest BCUT2D eigenvalue weighted by atomic mass is 19.1. The van der Waals surface area contributed by atoms with Crippen molar-refractivity contribution in [3.8, 4) is 5.75 Å². The molecule has 2 aromatic rings. The lowest BCUT2D eigenvalue weighted by molar-refractivity contribution is -0.0172. The number of aromatic amines is 1. The second-order valence-corrected chi connectivity index (χ2v) is 5.30. The Balaban J connectivity index is 1.62. The van der Waals surface area contributed by atoms with Crippen molar-refractivity contribution in [2.75, 3.05) is 13.3 Å². The second-order valence-electron chi connectivity index (χ2n) is 5.30. The number of amides is 1. The Kier molecular flexibility index (Phi) is 4.57. The van der Waals surface area contributed by atoms with Gasteiger partial charge in [-0.05, 0) is 36.6 Å². The van der Waals surface area contributed by atoms with Gasteiger partial charge in [0.2, 0.25) is 0 Å². The van der Waals surface area contributed by atoms with Crippen LogP contribution in [0, 0.1) is 5.82 Å². The van der Waals surface area contributed by atoms with Gasteiger partial charge in [0.25, 0.3) is 5.91 Å². The molecule has 0 bridgehead atoms. The molecule has 1 aromatic heterocycles. The molecule has 0 unspecified atom stereocenters. The maximum Gasteiger partial charge on any atom is 0.271 e. The molecule has 0 radical (unpaired) electrons. The molecule has 0 spiro atoms. The van der Waals surface area contributed by atoms with Crippen molar-refractivity contribution in [3.63, 3.8) is 0 Å². The van der Waals surface area contributed by atoms with E-state index in [9.17, 15) is 9.18 Å². The number of fused-ring (bicyclic) bond motifs is 1. The molecule has 1 aliphatic heterocycles. The van der Waals surface area contributed by atoms with Crippen molar-refractivity contribution in [1.29, 1.82) is 0 Å². The van der Waals surface area contributed by atoms with Crippen LogP contribution >= 0.6 is 0 Å². The molecule has 122 valence electrons. The Morgan fingerprint density at radius 1 is 1.43 bits per heavy atom. The van der Waals surface area contributed by atoms with Crippen LogP contribution in [0.1, 0.15) is 34.2 Å². The van der Waals surface area contributed by atoms with Crippen LogP contribution in [0.15, 0.2) is 18.2 Å². The Morgan fingerprint density at radius 3 is 3.09 bits per heavy atom. The van der Waals surface area contributed by atoms with Gasteiger partial charge in [-0.3, -0.25) is 9.89 Å². The minimum absolute atomic E-state index is 0.158. The summed E-state index contributed by atoms with van der Waals surface area (Å²) in [6.45, 7) is 2.84. The molecular formula is C16H18FN3O3. The van der Waals surface area contributed by atoms with Gasteiger partial charge in [0.05, 0.1) is 6.61 Å². The van der Waals surface area contributed by atoms with Crippen LogP contribution in [0.3, 0.4) is 0 Å². The molecule has 0 fully saturated rings. The van der Waals surface area contributed by atoms with E-state index < -0.39 is 0 Å². The van der Waals surface area contributed by atoms with Crippen LogP contribution in [0.5, 0.6) is 5.75 Å². The van der Waals surface area contributed by atoms with Crippen LogP contribution in [-0.4, -0.2) is 29.4 Å². The average molecular weight is 319 g/mol. The monoisotopic (exact) mass is 319 g/mol. The van der Waals surface area contributed by atoms with Gasteiger partial charge in [-0.25, -0.2) is 4.39 Å². The number of H-pyrrole nitrogens is 1. The molecule has 1 aliphatic rings. The van der Waals surface area contributed by atoms with E-state index in [1.807, 2.05) is 6.92 Å². The molecule has 1 amide bonds. The molecule has 3 rings (SSSR count). The molecule has 2 N–H and O–H groups in total. The molecule has 0 saturated heterocycles. The summed E-state index contributed by atoms with van der Waals surface area (Å²) < 4.78 is 24.2. The van der Waals surface area contributed by atoms with E-state index in [0.717, 1.165) is 17.7 Å². The summed E-state index contributed by atoms with van der Waals surface area (Å²) in [5.41, 5.74) is 2.67. The van der Waals surface area contributed by atoms with Crippen molar-refractivity contribution < 1.29 is 18.7 Å². The third-order valence-corrected chi connectivity index (χ3v) is 3.68. The van der Waals surface area contributed by atoms with Gasteiger partial charge >= 0.3 is 0 Å². The van der Waals surface area contributed by atoms with E-state index in [-0.39, 0.29) is 18.5 Å². The smallest absolute Gasteiger partial charge is 0.271 e. The van der Waals surface area contributed by atoms with Gasteiger partial charge in [-0.15, -0.1) is 0 Å². The molecule has 2 heterocycles. The summed E-state index contributed by atoms with van der Waals surface area (Å²) in [5.74, 6) is 0.0643. The highest BCUT2D eigenvalue weighted by Crippen LogP contribution is 2.29. The first-order valence-electron chi connectivity index (χ1n) is 7.51. The molecule has 0 atom stereocenters. The second kappa shape index (κ2) is 6.78. The normalized spacial score (nSPS) is 13.3. The van der Waals surface area contributed by atoms with E-state index >= 15 is 0 Å². The van der Waals surface area contributed by atoms with Gasteiger partial charge < -0.3 is 14.8 Å². The van der Waals surface area contributed by atoms with Crippen molar-refractivity contribution in [3.05, 3.63) is 46.5 Å². The minimum Gasteiger partial charge on any atom is -0.467 e. The SMILES string of the molecule is CCc1cc(C(=O)NCCc2cc(F)cc3c2OCOC3)n[nH]1. The zero-order valence-corrected chi connectivity index (χ0v) is 12.8. The largest absolute Gasteiger partial charge is 0.467 e. The summed E-state index contributed by atoms with van der Waals surface area (Å²) in [7, 11) is 0. The van der Waals surface area contributed by atoms with Crippen LogP contribution < -0.4 is 10.1 Å². The number of rotatable bonds is 5. The zero-order chi connectivity index (χ0) is 16.2. The fourth-order valence-corrected chi connectivity index (χ4v) is 2.50. The molecule has 0 aliphatic carbocycles. The third-order valence-electron chi connectivity index (χ3n) is 3.68. The lowest BCUT2D eigenvalue weighted by Gasteiger charge is -2.20. The standard InChI is InChI=1S/C16H18FN3O3/c1-2-13-7-14(20-19-13)16(21)18-4-3-10-5-12(17)6-11-8-22-9-23-15(10)11/h5-7H,2-4,8-9H2,1H3,(H,18,21)(H,19,20). The van der Waals surface area contributed by atoms with E-state index in [1.54, 1.807) is 6.07 Å². The van der Waals surface area contributed by atoms with Crippen LogP contribution in [0.4, 0.5) is 4.39 Å².